The van der Waals surface area contributed by atoms with E-state index >= 15 is 0 Å². The van der Waals surface area contributed by atoms with Crippen molar-refractivity contribution < 1.29 is 19.2 Å². The standard InChI is InChI=1S/C17H20N2O4/c20-16(18-10-12-6-7-22-11-12)9-14-8-15(23-19-14)17(21)13-4-2-1-3-5-13/h1-5,8,12,17,21H,6-7,9-11H2,(H,18,20). The number of ether oxygens (including phenoxy) is 1. The average molecular weight is 316 g/mol. The van der Waals surface area contributed by atoms with Gasteiger partial charge < -0.3 is 19.7 Å². The summed E-state index contributed by atoms with van der Waals surface area (Å²) in [6, 6.07) is 10.8. The Bertz CT molecular complexity index is 635. The van der Waals surface area contributed by atoms with Crippen LogP contribution in [0.2, 0.25) is 0 Å². The zero-order chi connectivity index (χ0) is 16.1. The topological polar surface area (TPSA) is 84.6 Å². The maximum Gasteiger partial charge on any atom is 0.226 e. The molecule has 0 saturated carbocycles. The molecule has 1 amide bonds. The molecule has 1 aromatic heterocycles. The van der Waals surface area contributed by atoms with Crippen molar-refractivity contribution in [3.8, 4) is 0 Å². The highest BCUT2D eigenvalue weighted by atomic mass is 16.5. The molecule has 23 heavy (non-hydrogen) atoms. The van der Waals surface area contributed by atoms with Crippen LogP contribution in [0, 0.1) is 5.92 Å². The number of hydrogen-bond donors (Lipinski definition) is 2. The van der Waals surface area contributed by atoms with Crippen molar-refractivity contribution in [3.05, 3.63) is 53.4 Å². The molecule has 2 N–H and O–H groups in total. The highest BCUT2D eigenvalue weighted by molar-refractivity contribution is 5.78. The summed E-state index contributed by atoms with van der Waals surface area (Å²) >= 11 is 0. The number of carbonyl (C=O) groups excluding carboxylic acids is 1. The van der Waals surface area contributed by atoms with Gasteiger partial charge >= 0.3 is 0 Å². The molecule has 2 aromatic rings. The Morgan fingerprint density at radius 2 is 2.22 bits per heavy atom. The molecule has 2 heterocycles. The van der Waals surface area contributed by atoms with Crippen molar-refractivity contribution >= 4 is 5.91 Å². The first-order valence-corrected chi connectivity index (χ1v) is 7.75. The Morgan fingerprint density at radius 3 is 2.96 bits per heavy atom. The Hall–Kier alpha value is -2.18. The van der Waals surface area contributed by atoms with Crippen molar-refractivity contribution in [1.82, 2.24) is 10.5 Å². The Labute approximate surface area is 134 Å². The van der Waals surface area contributed by atoms with E-state index < -0.39 is 6.10 Å². The van der Waals surface area contributed by atoms with Gasteiger partial charge in [0.1, 0.15) is 6.10 Å². The van der Waals surface area contributed by atoms with Gasteiger partial charge in [-0.05, 0) is 12.0 Å². The number of carbonyl (C=O) groups is 1. The number of rotatable bonds is 6. The summed E-state index contributed by atoms with van der Waals surface area (Å²) in [6.45, 7) is 2.10. The summed E-state index contributed by atoms with van der Waals surface area (Å²) in [4.78, 5) is 11.9. The predicted molar refractivity (Wildman–Crippen MR) is 82.6 cm³/mol. The van der Waals surface area contributed by atoms with Gasteiger partial charge in [-0.25, -0.2) is 0 Å². The molecule has 6 heteroatoms. The first kappa shape index (κ1) is 15.7. The first-order valence-electron chi connectivity index (χ1n) is 7.75. The third-order valence-corrected chi connectivity index (χ3v) is 3.92. The second-order valence-corrected chi connectivity index (χ2v) is 5.74. The van der Waals surface area contributed by atoms with Gasteiger partial charge in [0.2, 0.25) is 5.91 Å². The molecule has 1 aliphatic heterocycles. The van der Waals surface area contributed by atoms with E-state index in [1.165, 1.54) is 0 Å². The largest absolute Gasteiger partial charge is 0.381 e. The molecule has 1 fully saturated rings. The third kappa shape index (κ3) is 4.18. The van der Waals surface area contributed by atoms with Crippen LogP contribution < -0.4 is 5.32 Å². The van der Waals surface area contributed by atoms with Crippen molar-refractivity contribution in [3.63, 3.8) is 0 Å². The molecule has 1 saturated heterocycles. The third-order valence-electron chi connectivity index (χ3n) is 3.92. The number of benzene rings is 1. The zero-order valence-corrected chi connectivity index (χ0v) is 12.8. The molecule has 3 rings (SSSR count). The van der Waals surface area contributed by atoms with Crippen LogP contribution in [0.1, 0.15) is 29.5 Å². The van der Waals surface area contributed by atoms with Gasteiger partial charge in [-0.15, -0.1) is 0 Å². The van der Waals surface area contributed by atoms with Crippen molar-refractivity contribution in [2.45, 2.75) is 18.9 Å². The van der Waals surface area contributed by atoms with E-state index in [2.05, 4.69) is 10.5 Å². The van der Waals surface area contributed by atoms with Crippen molar-refractivity contribution in [2.75, 3.05) is 19.8 Å². The normalized spacial score (nSPS) is 18.7. The molecule has 1 aromatic carbocycles. The Kier molecular flexibility index (Phi) is 5.05. The molecule has 122 valence electrons. The molecule has 0 aliphatic carbocycles. The molecule has 0 bridgehead atoms. The molecule has 6 nitrogen and oxygen atoms in total. The SMILES string of the molecule is O=C(Cc1cc(C(O)c2ccccc2)on1)NCC1CCOC1. The fourth-order valence-corrected chi connectivity index (χ4v) is 2.57. The van der Waals surface area contributed by atoms with E-state index in [-0.39, 0.29) is 12.3 Å². The number of aromatic nitrogens is 1. The fraction of sp³-hybridized carbons (Fsp3) is 0.412. The molecule has 0 spiro atoms. The van der Waals surface area contributed by atoms with E-state index in [1.54, 1.807) is 6.07 Å². The average Bonchev–Trinajstić information content (AvgIpc) is 3.25. The summed E-state index contributed by atoms with van der Waals surface area (Å²) in [6.07, 6.45) is 0.243. The molecule has 1 aliphatic rings. The summed E-state index contributed by atoms with van der Waals surface area (Å²) < 4.78 is 10.4. The molecule has 2 atom stereocenters. The minimum Gasteiger partial charge on any atom is -0.381 e. The summed E-state index contributed by atoms with van der Waals surface area (Å²) in [5.41, 5.74) is 1.23. The van der Waals surface area contributed by atoms with E-state index in [9.17, 15) is 9.90 Å². The number of hydrogen-bond acceptors (Lipinski definition) is 5. The van der Waals surface area contributed by atoms with Crippen LogP contribution in [0.4, 0.5) is 0 Å². The predicted octanol–water partition coefficient (Wildman–Crippen LogP) is 1.45. The lowest BCUT2D eigenvalue weighted by molar-refractivity contribution is -0.120. The van der Waals surface area contributed by atoms with Gasteiger partial charge in [0.15, 0.2) is 5.76 Å². The Morgan fingerprint density at radius 1 is 1.39 bits per heavy atom. The maximum atomic E-state index is 11.9. The van der Waals surface area contributed by atoms with Crippen LogP contribution in [0.3, 0.4) is 0 Å². The monoisotopic (exact) mass is 316 g/mol. The Balaban J connectivity index is 1.53. The molecule has 2 unspecified atom stereocenters. The van der Waals surface area contributed by atoms with Crippen LogP contribution in [0.25, 0.3) is 0 Å². The van der Waals surface area contributed by atoms with Crippen LogP contribution in [-0.2, 0) is 16.0 Å². The summed E-state index contributed by atoms with van der Waals surface area (Å²) in [7, 11) is 0. The van der Waals surface area contributed by atoms with E-state index in [1.807, 2.05) is 30.3 Å². The lowest BCUT2D eigenvalue weighted by Gasteiger charge is -2.08. The second kappa shape index (κ2) is 7.39. The first-order chi connectivity index (χ1) is 11.2. The van der Waals surface area contributed by atoms with Gasteiger partial charge in [-0.1, -0.05) is 35.5 Å². The lowest BCUT2D eigenvalue weighted by Crippen LogP contribution is -2.30. The lowest BCUT2D eigenvalue weighted by atomic mass is 10.1. The highest BCUT2D eigenvalue weighted by Crippen LogP contribution is 2.22. The maximum absolute atomic E-state index is 11.9. The van der Waals surface area contributed by atoms with E-state index in [0.717, 1.165) is 18.6 Å². The van der Waals surface area contributed by atoms with Gasteiger partial charge in [0.25, 0.3) is 0 Å². The van der Waals surface area contributed by atoms with Gasteiger partial charge in [0, 0.05) is 25.1 Å². The second-order valence-electron chi connectivity index (χ2n) is 5.74. The highest BCUT2D eigenvalue weighted by Gasteiger charge is 2.19. The molecular formula is C17H20N2O4. The van der Waals surface area contributed by atoms with Gasteiger partial charge in [0.05, 0.1) is 18.7 Å². The van der Waals surface area contributed by atoms with Gasteiger partial charge in [-0.3, -0.25) is 4.79 Å². The van der Waals surface area contributed by atoms with Crippen LogP contribution in [-0.4, -0.2) is 35.9 Å². The summed E-state index contributed by atoms with van der Waals surface area (Å²) in [5.74, 6) is 0.626. The summed E-state index contributed by atoms with van der Waals surface area (Å²) in [5, 5.41) is 17.0. The number of aliphatic hydroxyl groups excluding tert-OH is 1. The van der Waals surface area contributed by atoms with Crippen molar-refractivity contribution in [2.24, 2.45) is 5.92 Å². The zero-order valence-electron chi connectivity index (χ0n) is 12.8. The van der Waals surface area contributed by atoms with Crippen molar-refractivity contribution in [1.29, 1.82) is 0 Å². The van der Waals surface area contributed by atoms with Crippen LogP contribution in [0.15, 0.2) is 40.9 Å². The van der Waals surface area contributed by atoms with Gasteiger partial charge in [-0.2, -0.15) is 0 Å². The van der Waals surface area contributed by atoms with E-state index in [4.69, 9.17) is 9.26 Å². The number of nitrogens with one attached hydrogen (secondary N) is 1. The number of aliphatic hydroxyl groups is 1. The van der Waals surface area contributed by atoms with E-state index in [0.29, 0.717) is 30.5 Å². The molecule has 0 radical (unpaired) electrons. The fourth-order valence-electron chi connectivity index (χ4n) is 2.57. The minimum absolute atomic E-state index is 0.106. The quantitative estimate of drug-likeness (QED) is 0.842. The number of amides is 1. The minimum atomic E-state index is -0.879. The van der Waals surface area contributed by atoms with Crippen LogP contribution in [0.5, 0.6) is 0 Å². The van der Waals surface area contributed by atoms with Crippen LogP contribution >= 0.6 is 0 Å². The number of nitrogens with zero attached hydrogens (tertiary/aromatic N) is 1. The smallest absolute Gasteiger partial charge is 0.226 e. The molecular weight excluding hydrogens is 296 g/mol.